The van der Waals surface area contributed by atoms with Crippen molar-refractivity contribution in [3.63, 3.8) is 0 Å². The predicted octanol–water partition coefficient (Wildman–Crippen LogP) is 3.43. The van der Waals surface area contributed by atoms with E-state index in [1.807, 2.05) is 38.1 Å². The number of hydrogen-bond donors (Lipinski definition) is 1. The molecule has 100 valence electrons. The first kappa shape index (κ1) is 12.5. The number of aryl methyl sites for hydroxylation is 1. The van der Waals surface area contributed by atoms with Crippen LogP contribution in [0.2, 0.25) is 0 Å². The molecule has 0 spiro atoms. The Morgan fingerprint density at radius 3 is 2.80 bits per heavy atom. The molecule has 0 bridgehead atoms. The van der Waals surface area contributed by atoms with Gasteiger partial charge in [0.25, 0.3) is 0 Å². The van der Waals surface area contributed by atoms with Gasteiger partial charge >= 0.3 is 0 Å². The monoisotopic (exact) mass is 264 g/mol. The minimum absolute atomic E-state index is 0.659. The Bertz CT molecular complexity index is 752. The lowest BCUT2D eigenvalue weighted by atomic mass is 10.1. The van der Waals surface area contributed by atoms with Crippen molar-refractivity contribution in [3.8, 4) is 11.3 Å². The van der Waals surface area contributed by atoms with Gasteiger partial charge < -0.3 is 5.32 Å². The van der Waals surface area contributed by atoms with Crippen molar-refractivity contribution in [2.75, 3.05) is 11.9 Å². The van der Waals surface area contributed by atoms with Crippen molar-refractivity contribution in [2.24, 2.45) is 0 Å². The minimum atomic E-state index is 0.659. The summed E-state index contributed by atoms with van der Waals surface area (Å²) in [7, 11) is 0. The van der Waals surface area contributed by atoms with Crippen LogP contribution in [0.15, 0.2) is 42.6 Å². The molecule has 0 unspecified atom stereocenters. The van der Waals surface area contributed by atoms with Crippen LogP contribution in [0.3, 0.4) is 0 Å². The molecule has 0 saturated heterocycles. The summed E-state index contributed by atoms with van der Waals surface area (Å²) in [5.41, 5.74) is 4.03. The summed E-state index contributed by atoms with van der Waals surface area (Å²) in [6.07, 6.45) is 1.78. The quantitative estimate of drug-likeness (QED) is 0.787. The molecule has 3 rings (SSSR count). The van der Waals surface area contributed by atoms with Gasteiger partial charge in [-0.15, -0.1) is 0 Å². The number of anilines is 1. The van der Waals surface area contributed by atoms with Gasteiger partial charge in [-0.2, -0.15) is 0 Å². The van der Waals surface area contributed by atoms with Crippen molar-refractivity contribution in [2.45, 2.75) is 13.8 Å². The molecule has 0 aliphatic carbocycles. The van der Waals surface area contributed by atoms with Crippen LogP contribution in [0.4, 0.5) is 5.95 Å². The summed E-state index contributed by atoms with van der Waals surface area (Å²) >= 11 is 0. The SMILES string of the molecule is CCNc1nccc(-c2ccc3nc(C)ccc3c2)n1. The van der Waals surface area contributed by atoms with Gasteiger partial charge in [0, 0.05) is 29.4 Å². The van der Waals surface area contributed by atoms with E-state index >= 15 is 0 Å². The summed E-state index contributed by atoms with van der Waals surface area (Å²) in [5.74, 6) is 0.659. The molecule has 4 heteroatoms. The number of fused-ring (bicyclic) bond motifs is 1. The Morgan fingerprint density at radius 2 is 1.95 bits per heavy atom. The lowest BCUT2D eigenvalue weighted by Gasteiger charge is -2.06. The summed E-state index contributed by atoms with van der Waals surface area (Å²) in [4.78, 5) is 13.2. The van der Waals surface area contributed by atoms with Gasteiger partial charge in [0.15, 0.2) is 0 Å². The molecule has 0 amide bonds. The average molecular weight is 264 g/mol. The average Bonchev–Trinajstić information content (AvgIpc) is 2.47. The number of hydrogen-bond acceptors (Lipinski definition) is 4. The number of nitrogens with one attached hydrogen (secondary N) is 1. The van der Waals surface area contributed by atoms with Gasteiger partial charge in [-0.05, 0) is 38.1 Å². The maximum Gasteiger partial charge on any atom is 0.223 e. The first-order chi connectivity index (χ1) is 9.76. The van der Waals surface area contributed by atoms with Crippen molar-refractivity contribution >= 4 is 16.9 Å². The summed E-state index contributed by atoms with van der Waals surface area (Å²) in [5, 5.41) is 4.25. The zero-order valence-electron chi connectivity index (χ0n) is 11.6. The van der Waals surface area contributed by atoms with Gasteiger partial charge in [0.2, 0.25) is 5.95 Å². The number of rotatable bonds is 3. The molecule has 0 radical (unpaired) electrons. The fourth-order valence-corrected chi connectivity index (χ4v) is 2.15. The van der Waals surface area contributed by atoms with Crippen molar-refractivity contribution in [3.05, 3.63) is 48.3 Å². The first-order valence-electron chi connectivity index (χ1n) is 6.71. The highest BCUT2D eigenvalue weighted by Gasteiger charge is 2.04. The number of pyridine rings is 1. The third kappa shape index (κ3) is 2.45. The van der Waals surface area contributed by atoms with Gasteiger partial charge in [0.1, 0.15) is 0 Å². The zero-order valence-corrected chi connectivity index (χ0v) is 11.6. The van der Waals surface area contributed by atoms with Crippen molar-refractivity contribution in [1.29, 1.82) is 0 Å². The van der Waals surface area contributed by atoms with E-state index in [2.05, 4.69) is 32.4 Å². The standard InChI is InChI=1S/C16H16N4/c1-3-17-16-18-9-8-15(20-16)13-6-7-14-12(10-13)5-4-11(2)19-14/h4-10H,3H2,1-2H3,(H,17,18,20). The molecule has 20 heavy (non-hydrogen) atoms. The number of aromatic nitrogens is 3. The molecule has 0 aliphatic heterocycles. The second-order valence-electron chi connectivity index (χ2n) is 4.66. The molecule has 2 heterocycles. The maximum atomic E-state index is 4.51. The predicted molar refractivity (Wildman–Crippen MR) is 81.7 cm³/mol. The van der Waals surface area contributed by atoms with Crippen LogP contribution in [-0.2, 0) is 0 Å². The van der Waals surface area contributed by atoms with Crippen LogP contribution in [-0.4, -0.2) is 21.5 Å². The van der Waals surface area contributed by atoms with Crippen LogP contribution in [0.1, 0.15) is 12.6 Å². The minimum Gasteiger partial charge on any atom is -0.354 e. The van der Waals surface area contributed by atoms with Gasteiger partial charge in [0.05, 0.1) is 11.2 Å². The molecule has 2 aromatic heterocycles. The normalized spacial score (nSPS) is 10.7. The number of benzene rings is 1. The molecule has 1 aromatic carbocycles. The molecule has 0 fully saturated rings. The van der Waals surface area contributed by atoms with E-state index in [9.17, 15) is 0 Å². The van der Waals surface area contributed by atoms with E-state index in [1.165, 1.54) is 0 Å². The van der Waals surface area contributed by atoms with Crippen molar-refractivity contribution < 1.29 is 0 Å². The van der Waals surface area contributed by atoms with Crippen LogP contribution < -0.4 is 5.32 Å². The molecular formula is C16H16N4. The second-order valence-corrected chi connectivity index (χ2v) is 4.66. The highest BCUT2D eigenvalue weighted by atomic mass is 15.1. The molecule has 4 nitrogen and oxygen atoms in total. The summed E-state index contributed by atoms with van der Waals surface area (Å²) < 4.78 is 0. The molecule has 0 saturated carbocycles. The summed E-state index contributed by atoms with van der Waals surface area (Å²) in [6.45, 7) is 4.84. The van der Waals surface area contributed by atoms with Crippen LogP contribution in [0.25, 0.3) is 22.2 Å². The molecule has 0 aliphatic rings. The topological polar surface area (TPSA) is 50.7 Å². The number of nitrogens with zero attached hydrogens (tertiary/aromatic N) is 3. The van der Waals surface area contributed by atoms with E-state index in [1.54, 1.807) is 6.20 Å². The Morgan fingerprint density at radius 1 is 1.05 bits per heavy atom. The Kier molecular flexibility index (Phi) is 3.29. The van der Waals surface area contributed by atoms with E-state index in [4.69, 9.17) is 0 Å². The third-order valence-electron chi connectivity index (χ3n) is 3.11. The molecule has 0 atom stereocenters. The third-order valence-corrected chi connectivity index (χ3v) is 3.11. The fourth-order valence-electron chi connectivity index (χ4n) is 2.15. The Hall–Kier alpha value is -2.49. The van der Waals surface area contributed by atoms with Gasteiger partial charge in [-0.25, -0.2) is 9.97 Å². The molecular weight excluding hydrogens is 248 g/mol. The van der Waals surface area contributed by atoms with Crippen LogP contribution >= 0.6 is 0 Å². The van der Waals surface area contributed by atoms with Gasteiger partial charge in [-0.3, -0.25) is 4.98 Å². The first-order valence-corrected chi connectivity index (χ1v) is 6.71. The Balaban J connectivity index is 2.05. The molecule has 3 aromatic rings. The van der Waals surface area contributed by atoms with E-state index in [0.29, 0.717) is 5.95 Å². The van der Waals surface area contributed by atoms with Gasteiger partial charge in [-0.1, -0.05) is 12.1 Å². The highest BCUT2D eigenvalue weighted by molar-refractivity contribution is 5.84. The largest absolute Gasteiger partial charge is 0.354 e. The van der Waals surface area contributed by atoms with E-state index in [0.717, 1.165) is 34.4 Å². The van der Waals surface area contributed by atoms with Crippen LogP contribution in [0.5, 0.6) is 0 Å². The highest BCUT2D eigenvalue weighted by Crippen LogP contribution is 2.22. The second kappa shape index (κ2) is 5.25. The van der Waals surface area contributed by atoms with Crippen molar-refractivity contribution in [1.82, 2.24) is 15.0 Å². The zero-order chi connectivity index (χ0) is 13.9. The lowest BCUT2D eigenvalue weighted by molar-refractivity contribution is 1.09. The van der Waals surface area contributed by atoms with E-state index in [-0.39, 0.29) is 0 Å². The van der Waals surface area contributed by atoms with Crippen LogP contribution in [0, 0.1) is 6.92 Å². The lowest BCUT2D eigenvalue weighted by Crippen LogP contribution is -2.02. The fraction of sp³-hybridized carbons (Fsp3) is 0.188. The smallest absolute Gasteiger partial charge is 0.223 e. The van der Waals surface area contributed by atoms with E-state index < -0.39 is 0 Å². The summed E-state index contributed by atoms with van der Waals surface area (Å²) in [6, 6.07) is 12.2. The maximum absolute atomic E-state index is 4.51. The molecule has 1 N–H and O–H groups in total. The Labute approximate surface area is 117 Å².